The molecule has 1 aliphatic heterocycles. The van der Waals surface area contributed by atoms with E-state index in [0.29, 0.717) is 11.6 Å². The van der Waals surface area contributed by atoms with E-state index in [9.17, 15) is 4.79 Å². The monoisotopic (exact) mass is 233 g/mol. The van der Waals surface area contributed by atoms with Crippen LogP contribution in [0, 0.1) is 0 Å². The second-order valence-corrected chi connectivity index (χ2v) is 4.73. The van der Waals surface area contributed by atoms with Gasteiger partial charge in [-0.05, 0) is 50.9 Å². The van der Waals surface area contributed by atoms with E-state index in [0.717, 1.165) is 13.0 Å². The van der Waals surface area contributed by atoms with Gasteiger partial charge in [-0.25, -0.2) is 4.79 Å². The van der Waals surface area contributed by atoms with E-state index in [1.54, 1.807) is 0 Å². The summed E-state index contributed by atoms with van der Waals surface area (Å²) >= 11 is 0. The predicted octanol–water partition coefficient (Wildman–Crippen LogP) is 2.68. The fraction of sp³-hybridized carbons (Fsp3) is 0.500. The Bertz CT molecular complexity index is 395. The molecule has 1 aromatic rings. The number of hydrogen-bond donors (Lipinski definition) is 1. The van der Waals surface area contributed by atoms with E-state index >= 15 is 0 Å². The van der Waals surface area contributed by atoms with E-state index in [1.807, 2.05) is 32.0 Å². The van der Waals surface area contributed by atoms with Gasteiger partial charge in [0.1, 0.15) is 0 Å². The van der Waals surface area contributed by atoms with Crippen molar-refractivity contribution in [2.45, 2.75) is 38.8 Å². The normalized spacial score (nSPS) is 19.6. The second-order valence-electron chi connectivity index (χ2n) is 4.73. The molecule has 1 atom stereocenters. The van der Waals surface area contributed by atoms with Crippen molar-refractivity contribution in [1.29, 1.82) is 0 Å². The minimum atomic E-state index is -0.236. The highest BCUT2D eigenvalue weighted by Gasteiger charge is 2.17. The molecule has 3 nitrogen and oxygen atoms in total. The molecule has 0 saturated carbocycles. The third-order valence-electron chi connectivity index (χ3n) is 2.93. The average molecular weight is 233 g/mol. The van der Waals surface area contributed by atoms with Crippen LogP contribution in [0.3, 0.4) is 0 Å². The highest BCUT2D eigenvalue weighted by atomic mass is 16.5. The number of nitrogens with one attached hydrogen (secondary N) is 1. The number of esters is 1. The Morgan fingerprint density at radius 1 is 1.47 bits per heavy atom. The minimum Gasteiger partial charge on any atom is -0.459 e. The standard InChI is InChI=1S/C14H19NO2/c1-10(2)17-14(16)12-6-3-5-11(9-12)13-7-4-8-15-13/h3,5-6,9-10,13,15H,4,7-8H2,1-2H3. The van der Waals surface area contributed by atoms with Crippen LogP contribution in [0.25, 0.3) is 0 Å². The molecule has 1 aliphatic rings. The number of benzene rings is 1. The SMILES string of the molecule is CC(C)OC(=O)c1cccc(C2CCCN2)c1. The van der Waals surface area contributed by atoms with Gasteiger partial charge >= 0.3 is 5.97 Å². The molecular formula is C14H19NO2. The lowest BCUT2D eigenvalue weighted by Gasteiger charge is -2.12. The molecule has 0 spiro atoms. The number of carbonyl (C=O) groups is 1. The second kappa shape index (κ2) is 5.32. The topological polar surface area (TPSA) is 38.3 Å². The summed E-state index contributed by atoms with van der Waals surface area (Å²) in [5.74, 6) is -0.236. The summed E-state index contributed by atoms with van der Waals surface area (Å²) in [5, 5.41) is 3.43. The summed E-state index contributed by atoms with van der Waals surface area (Å²) in [5.41, 5.74) is 1.82. The summed E-state index contributed by atoms with van der Waals surface area (Å²) < 4.78 is 5.19. The Hall–Kier alpha value is -1.35. The van der Waals surface area contributed by atoms with Crippen molar-refractivity contribution >= 4 is 5.97 Å². The van der Waals surface area contributed by atoms with Gasteiger partial charge in [0.25, 0.3) is 0 Å². The van der Waals surface area contributed by atoms with Gasteiger partial charge in [0, 0.05) is 6.04 Å². The number of carbonyl (C=O) groups excluding carboxylic acids is 1. The molecule has 0 bridgehead atoms. The summed E-state index contributed by atoms with van der Waals surface area (Å²) in [6.45, 7) is 4.78. The number of hydrogen-bond acceptors (Lipinski definition) is 3. The summed E-state index contributed by atoms with van der Waals surface area (Å²) in [6.07, 6.45) is 2.27. The van der Waals surface area contributed by atoms with Crippen LogP contribution < -0.4 is 5.32 Å². The molecule has 1 heterocycles. The molecule has 1 fully saturated rings. The van der Waals surface area contributed by atoms with E-state index in [1.165, 1.54) is 12.0 Å². The van der Waals surface area contributed by atoms with Crippen molar-refractivity contribution in [3.05, 3.63) is 35.4 Å². The van der Waals surface area contributed by atoms with Crippen molar-refractivity contribution in [1.82, 2.24) is 5.32 Å². The number of rotatable bonds is 3. The molecule has 0 aromatic heterocycles. The van der Waals surface area contributed by atoms with E-state index in [4.69, 9.17) is 4.74 Å². The van der Waals surface area contributed by atoms with Crippen LogP contribution in [0.4, 0.5) is 0 Å². The quantitative estimate of drug-likeness (QED) is 0.816. The Morgan fingerprint density at radius 3 is 2.94 bits per heavy atom. The lowest BCUT2D eigenvalue weighted by molar-refractivity contribution is 0.0378. The van der Waals surface area contributed by atoms with Crippen LogP contribution >= 0.6 is 0 Å². The van der Waals surface area contributed by atoms with Gasteiger partial charge in [-0.2, -0.15) is 0 Å². The summed E-state index contributed by atoms with van der Waals surface area (Å²) in [4.78, 5) is 11.8. The zero-order valence-electron chi connectivity index (χ0n) is 10.4. The van der Waals surface area contributed by atoms with Crippen molar-refractivity contribution in [2.75, 3.05) is 6.54 Å². The maximum atomic E-state index is 11.8. The number of ether oxygens (including phenoxy) is 1. The summed E-state index contributed by atoms with van der Waals surface area (Å²) in [6, 6.07) is 8.12. The van der Waals surface area contributed by atoms with Gasteiger partial charge < -0.3 is 10.1 Å². The molecule has 1 unspecified atom stereocenters. The fourth-order valence-electron chi connectivity index (χ4n) is 2.13. The maximum Gasteiger partial charge on any atom is 0.338 e. The molecule has 1 aromatic carbocycles. The van der Waals surface area contributed by atoms with Crippen molar-refractivity contribution in [3.63, 3.8) is 0 Å². The first-order valence-electron chi connectivity index (χ1n) is 6.21. The van der Waals surface area contributed by atoms with Gasteiger partial charge in [-0.1, -0.05) is 12.1 Å². The fourth-order valence-corrected chi connectivity index (χ4v) is 2.13. The van der Waals surface area contributed by atoms with Gasteiger partial charge in [-0.15, -0.1) is 0 Å². The molecule has 0 aliphatic carbocycles. The molecule has 17 heavy (non-hydrogen) atoms. The van der Waals surface area contributed by atoms with E-state index in [2.05, 4.69) is 11.4 Å². The van der Waals surface area contributed by atoms with E-state index in [-0.39, 0.29) is 12.1 Å². The van der Waals surface area contributed by atoms with Crippen LogP contribution in [0.5, 0.6) is 0 Å². The third-order valence-corrected chi connectivity index (χ3v) is 2.93. The first-order chi connectivity index (χ1) is 8.16. The van der Waals surface area contributed by atoms with Crippen LogP contribution in [0.15, 0.2) is 24.3 Å². The van der Waals surface area contributed by atoms with Gasteiger partial charge in [0.05, 0.1) is 11.7 Å². The Labute approximate surface area is 102 Å². The Balaban J connectivity index is 2.13. The molecule has 92 valence electrons. The zero-order chi connectivity index (χ0) is 12.3. The minimum absolute atomic E-state index is 0.0734. The summed E-state index contributed by atoms with van der Waals surface area (Å²) in [7, 11) is 0. The molecule has 0 amide bonds. The van der Waals surface area contributed by atoms with Crippen LogP contribution in [-0.4, -0.2) is 18.6 Å². The third kappa shape index (κ3) is 3.07. The Morgan fingerprint density at radius 2 is 2.29 bits per heavy atom. The molecular weight excluding hydrogens is 214 g/mol. The van der Waals surface area contributed by atoms with E-state index < -0.39 is 0 Å². The van der Waals surface area contributed by atoms with Crippen LogP contribution in [0.1, 0.15) is 48.7 Å². The Kier molecular flexibility index (Phi) is 3.79. The lowest BCUT2D eigenvalue weighted by Crippen LogP contribution is -2.15. The molecule has 1 N–H and O–H groups in total. The largest absolute Gasteiger partial charge is 0.459 e. The van der Waals surface area contributed by atoms with Crippen LogP contribution in [-0.2, 0) is 4.74 Å². The van der Waals surface area contributed by atoms with Crippen molar-refractivity contribution in [2.24, 2.45) is 0 Å². The molecule has 1 saturated heterocycles. The van der Waals surface area contributed by atoms with Crippen molar-refractivity contribution in [3.8, 4) is 0 Å². The average Bonchev–Trinajstić information content (AvgIpc) is 2.82. The molecule has 2 rings (SSSR count). The van der Waals surface area contributed by atoms with Crippen LogP contribution in [0.2, 0.25) is 0 Å². The smallest absolute Gasteiger partial charge is 0.338 e. The van der Waals surface area contributed by atoms with Gasteiger partial charge in [0.2, 0.25) is 0 Å². The van der Waals surface area contributed by atoms with Gasteiger partial charge in [-0.3, -0.25) is 0 Å². The van der Waals surface area contributed by atoms with Crippen molar-refractivity contribution < 1.29 is 9.53 Å². The van der Waals surface area contributed by atoms with Gasteiger partial charge in [0.15, 0.2) is 0 Å². The first kappa shape index (κ1) is 12.1. The molecule has 3 heteroatoms. The molecule has 0 radical (unpaired) electrons. The zero-order valence-corrected chi connectivity index (χ0v) is 10.4. The lowest BCUT2D eigenvalue weighted by atomic mass is 10.0. The maximum absolute atomic E-state index is 11.8. The predicted molar refractivity (Wildman–Crippen MR) is 67.0 cm³/mol. The highest BCUT2D eigenvalue weighted by Crippen LogP contribution is 2.23. The first-order valence-corrected chi connectivity index (χ1v) is 6.21. The highest BCUT2D eigenvalue weighted by molar-refractivity contribution is 5.89.